The van der Waals surface area contributed by atoms with E-state index in [0.717, 1.165) is 36.8 Å². The van der Waals surface area contributed by atoms with Crippen LogP contribution in [-0.4, -0.2) is 42.5 Å². The molecule has 0 N–H and O–H groups in total. The first kappa shape index (κ1) is 27.4. The molecule has 2 saturated heterocycles. The fraction of sp³-hybridized carbons (Fsp3) is 0.455. The number of carbonyl (C=O) groups excluding carboxylic acids is 1. The van der Waals surface area contributed by atoms with E-state index in [1.165, 1.54) is 12.4 Å². The summed E-state index contributed by atoms with van der Waals surface area (Å²) in [6.07, 6.45) is 2.12. The maximum absolute atomic E-state index is 13.5. The molecule has 0 radical (unpaired) electrons. The largest absolute Gasteiger partial charge is 0.332 e. The van der Waals surface area contributed by atoms with Gasteiger partial charge in [0, 0.05) is 23.6 Å². The van der Waals surface area contributed by atoms with Crippen molar-refractivity contribution < 1.29 is 13.6 Å². The molecule has 2 fully saturated rings. The highest BCUT2D eigenvalue weighted by atomic mass is 32.1. The van der Waals surface area contributed by atoms with Crippen molar-refractivity contribution in [1.29, 1.82) is 0 Å². The van der Waals surface area contributed by atoms with Crippen LogP contribution in [0.2, 0.25) is 0 Å². The zero-order valence-corrected chi connectivity index (χ0v) is 21.4. The van der Waals surface area contributed by atoms with Crippen molar-refractivity contribution >= 4 is 52.2 Å². The molecule has 2 bridgehead atoms. The van der Waals surface area contributed by atoms with E-state index in [0.29, 0.717) is 11.3 Å². The molecular formula is C22H29F2N5OS3. The molecule has 2 aromatic heterocycles. The van der Waals surface area contributed by atoms with Crippen molar-refractivity contribution in [2.24, 2.45) is 0 Å². The van der Waals surface area contributed by atoms with Crippen molar-refractivity contribution in [2.45, 2.75) is 64.0 Å². The Balaban J connectivity index is 0.00000128. The summed E-state index contributed by atoms with van der Waals surface area (Å²) in [5.41, 5.74) is 3.17. The van der Waals surface area contributed by atoms with E-state index in [2.05, 4.69) is 21.1 Å². The van der Waals surface area contributed by atoms with E-state index in [1.807, 2.05) is 30.9 Å². The third kappa shape index (κ3) is 4.85. The Labute approximate surface area is 212 Å². The van der Waals surface area contributed by atoms with Gasteiger partial charge in [0.2, 0.25) is 0 Å². The topological polar surface area (TPSA) is 63.4 Å². The number of hydrogen-bond donors (Lipinski definition) is 0. The van der Waals surface area contributed by atoms with E-state index < -0.39 is 6.43 Å². The van der Waals surface area contributed by atoms with Crippen LogP contribution in [0.5, 0.6) is 0 Å². The molecule has 11 heteroatoms. The summed E-state index contributed by atoms with van der Waals surface area (Å²) in [5.74, 6) is 0.121. The molecule has 1 amide bonds. The first-order valence-electron chi connectivity index (χ1n) is 10.3. The van der Waals surface area contributed by atoms with E-state index >= 15 is 0 Å². The molecule has 0 spiro atoms. The molecule has 0 unspecified atom stereocenters. The number of aryl methyl sites for hydroxylation is 2. The van der Waals surface area contributed by atoms with E-state index in [-0.39, 0.29) is 75.9 Å². The van der Waals surface area contributed by atoms with Gasteiger partial charge in [-0.2, -0.15) is 50.6 Å². The number of hydrogen-bond acceptors (Lipinski definition) is 4. The number of carbonyl (C=O) groups is 1. The minimum Gasteiger partial charge on any atom is -0.332 e. The van der Waals surface area contributed by atoms with Gasteiger partial charge in [-0.25, -0.2) is 18.3 Å². The molecule has 3 aromatic rings. The molecule has 0 aliphatic carbocycles. The van der Waals surface area contributed by atoms with Crippen molar-refractivity contribution in [3.63, 3.8) is 0 Å². The molecule has 1 aromatic carbocycles. The van der Waals surface area contributed by atoms with Crippen molar-refractivity contribution in [1.82, 2.24) is 24.5 Å². The third-order valence-corrected chi connectivity index (χ3v) is 6.43. The SMILES string of the molecule is Cc1cc(C)cc(C(=O)N2[C@H]3CC[C@H](c4cc(C(F)F)nc5ncnn45)[C@@H]2CC3)c1.S.S.S. The summed E-state index contributed by atoms with van der Waals surface area (Å²) < 4.78 is 28.5. The van der Waals surface area contributed by atoms with E-state index in [9.17, 15) is 13.6 Å². The van der Waals surface area contributed by atoms with Crippen LogP contribution < -0.4 is 0 Å². The molecule has 33 heavy (non-hydrogen) atoms. The van der Waals surface area contributed by atoms with Crippen molar-refractivity contribution in [2.75, 3.05) is 0 Å². The van der Waals surface area contributed by atoms with Crippen LogP contribution in [-0.2, 0) is 0 Å². The number of amides is 1. The normalized spacial score (nSPS) is 21.4. The standard InChI is InChI=1S/C22H23F2N5O.3H2S/c1-12-7-13(2)9-14(8-12)21(30)28-15-3-5-16(18(28)6-4-15)19-10-17(20(23)24)27-22-25-11-26-29(19)22;;;/h7-11,15-16,18,20H,3-6H2,1-2H3;3*1H2/t15-,16-,18-;;;/m0.../s1. The maximum Gasteiger partial charge on any atom is 0.280 e. The second-order valence-electron chi connectivity index (χ2n) is 8.45. The molecular weight excluding hydrogens is 484 g/mol. The van der Waals surface area contributed by atoms with Gasteiger partial charge in [0.05, 0.1) is 5.69 Å². The van der Waals surface area contributed by atoms with Gasteiger partial charge in [-0.15, -0.1) is 0 Å². The van der Waals surface area contributed by atoms with Crippen molar-refractivity contribution in [3.8, 4) is 0 Å². The van der Waals surface area contributed by atoms with Crippen LogP contribution >= 0.6 is 40.5 Å². The zero-order chi connectivity index (χ0) is 21.0. The van der Waals surface area contributed by atoms with Crippen LogP contribution in [0.3, 0.4) is 0 Å². The van der Waals surface area contributed by atoms with Gasteiger partial charge in [-0.1, -0.05) is 17.2 Å². The Kier molecular flexibility index (Phi) is 8.80. The summed E-state index contributed by atoms with van der Waals surface area (Å²) in [5, 5.41) is 4.22. The molecule has 5 rings (SSSR count). The van der Waals surface area contributed by atoms with Crippen LogP contribution in [0.4, 0.5) is 8.78 Å². The highest BCUT2D eigenvalue weighted by Gasteiger charge is 2.46. The number of fused-ring (bicyclic) bond motifs is 3. The fourth-order valence-electron chi connectivity index (χ4n) is 5.29. The number of halogens is 2. The van der Waals surface area contributed by atoms with Gasteiger partial charge in [-0.3, -0.25) is 4.79 Å². The molecule has 3 atom stereocenters. The van der Waals surface area contributed by atoms with Gasteiger partial charge >= 0.3 is 0 Å². The molecule has 2 aliphatic heterocycles. The fourth-order valence-corrected chi connectivity index (χ4v) is 5.29. The van der Waals surface area contributed by atoms with Gasteiger partial charge in [-0.05, 0) is 57.7 Å². The Hall–Kier alpha value is -1.85. The lowest BCUT2D eigenvalue weighted by atomic mass is 9.86. The molecule has 4 heterocycles. The highest BCUT2D eigenvalue weighted by Crippen LogP contribution is 2.45. The summed E-state index contributed by atoms with van der Waals surface area (Å²) in [4.78, 5) is 23.4. The van der Waals surface area contributed by atoms with Crippen LogP contribution in [0.25, 0.3) is 5.78 Å². The number of rotatable bonds is 3. The Morgan fingerprint density at radius 3 is 2.33 bits per heavy atom. The second-order valence-corrected chi connectivity index (χ2v) is 8.45. The quantitative estimate of drug-likeness (QED) is 0.515. The average molecular weight is 514 g/mol. The lowest BCUT2D eigenvalue weighted by Gasteiger charge is -2.40. The zero-order valence-electron chi connectivity index (χ0n) is 18.4. The summed E-state index contributed by atoms with van der Waals surface area (Å²) in [7, 11) is 0. The number of nitrogens with zero attached hydrogens (tertiary/aromatic N) is 5. The predicted octanol–water partition coefficient (Wildman–Crippen LogP) is 4.57. The Bertz CT molecular complexity index is 1120. The smallest absolute Gasteiger partial charge is 0.280 e. The molecule has 2 aliphatic rings. The minimum atomic E-state index is -2.68. The Morgan fingerprint density at radius 1 is 1.00 bits per heavy atom. The van der Waals surface area contributed by atoms with Gasteiger partial charge in [0.25, 0.3) is 18.1 Å². The van der Waals surface area contributed by atoms with Gasteiger partial charge in [0.1, 0.15) is 12.0 Å². The molecule has 0 saturated carbocycles. The van der Waals surface area contributed by atoms with Crippen LogP contribution in [0.15, 0.2) is 30.6 Å². The number of alkyl halides is 2. The highest BCUT2D eigenvalue weighted by molar-refractivity contribution is 7.59. The predicted molar refractivity (Wildman–Crippen MR) is 138 cm³/mol. The monoisotopic (exact) mass is 513 g/mol. The van der Waals surface area contributed by atoms with Crippen LogP contribution in [0, 0.1) is 13.8 Å². The number of benzene rings is 1. The van der Waals surface area contributed by atoms with Crippen molar-refractivity contribution in [3.05, 3.63) is 58.7 Å². The summed E-state index contributed by atoms with van der Waals surface area (Å²) in [6, 6.07) is 7.49. The van der Waals surface area contributed by atoms with Crippen LogP contribution in [0.1, 0.15) is 70.9 Å². The Morgan fingerprint density at radius 2 is 1.67 bits per heavy atom. The first-order valence-corrected chi connectivity index (χ1v) is 10.3. The van der Waals surface area contributed by atoms with Gasteiger partial charge in [0.15, 0.2) is 0 Å². The first-order chi connectivity index (χ1) is 14.4. The summed E-state index contributed by atoms with van der Waals surface area (Å²) in [6.45, 7) is 3.98. The lowest BCUT2D eigenvalue weighted by molar-refractivity contribution is 0.0553. The summed E-state index contributed by atoms with van der Waals surface area (Å²) >= 11 is 0. The number of piperidine rings is 1. The minimum absolute atomic E-state index is 0. The lowest BCUT2D eigenvalue weighted by Crippen LogP contribution is -2.47. The molecule has 180 valence electrons. The molecule has 6 nitrogen and oxygen atoms in total. The maximum atomic E-state index is 13.5. The average Bonchev–Trinajstić information content (AvgIpc) is 3.29. The second kappa shape index (κ2) is 10.6. The van der Waals surface area contributed by atoms with E-state index in [1.54, 1.807) is 4.52 Å². The van der Waals surface area contributed by atoms with E-state index in [4.69, 9.17) is 0 Å². The number of aromatic nitrogens is 4. The van der Waals surface area contributed by atoms with Gasteiger partial charge < -0.3 is 4.90 Å². The third-order valence-electron chi connectivity index (χ3n) is 6.43.